The number of benzene rings is 1. The fourth-order valence-corrected chi connectivity index (χ4v) is 3.43. The second kappa shape index (κ2) is 6.62. The molecule has 1 atom stereocenters. The number of halogens is 1. The highest BCUT2D eigenvalue weighted by atomic mass is 35.7. The highest BCUT2D eigenvalue weighted by molar-refractivity contribution is 8.13. The van der Waals surface area contributed by atoms with Crippen molar-refractivity contribution in [3.8, 4) is 5.75 Å². The SMILES string of the molecule is Cc1cc(OCC(C)CS(=O)(=O)Cl)ccc1C(C)C. The summed E-state index contributed by atoms with van der Waals surface area (Å²) < 4.78 is 27.5. The molecule has 0 fully saturated rings. The van der Waals surface area contributed by atoms with Crippen molar-refractivity contribution in [1.82, 2.24) is 0 Å². The van der Waals surface area contributed by atoms with Crippen LogP contribution in [0.1, 0.15) is 37.8 Å². The molecule has 1 aromatic carbocycles. The normalized spacial score (nSPS) is 13.6. The summed E-state index contributed by atoms with van der Waals surface area (Å²) in [7, 11) is 1.75. The predicted molar refractivity (Wildman–Crippen MR) is 79.6 cm³/mol. The van der Waals surface area contributed by atoms with Crippen LogP contribution in [-0.4, -0.2) is 20.8 Å². The van der Waals surface area contributed by atoms with Crippen LogP contribution in [-0.2, 0) is 9.05 Å². The van der Waals surface area contributed by atoms with Gasteiger partial charge in [-0.05, 0) is 36.1 Å². The zero-order chi connectivity index (χ0) is 14.6. The average molecular weight is 305 g/mol. The van der Waals surface area contributed by atoms with Crippen molar-refractivity contribution in [3.63, 3.8) is 0 Å². The lowest BCUT2D eigenvalue weighted by Gasteiger charge is -2.14. The maximum atomic E-state index is 10.9. The maximum absolute atomic E-state index is 10.9. The molecule has 1 aromatic rings. The zero-order valence-corrected chi connectivity index (χ0v) is 13.4. The van der Waals surface area contributed by atoms with Gasteiger partial charge in [0.05, 0.1) is 12.4 Å². The molecule has 0 N–H and O–H groups in total. The van der Waals surface area contributed by atoms with Crippen molar-refractivity contribution < 1.29 is 13.2 Å². The van der Waals surface area contributed by atoms with Gasteiger partial charge >= 0.3 is 0 Å². The van der Waals surface area contributed by atoms with Gasteiger partial charge in [-0.25, -0.2) is 8.42 Å². The van der Waals surface area contributed by atoms with E-state index in [0.29, 0.717) is 12.5 Å². The molecule has 0 aliphatic rings. The van der Waals surface area contributed by atoms with E-state index in [1.165, 1.54) is 11.1 Å². The van der Waals surface area contributed by atoms with Crippen molar-refractivity contribution in [2.45, 2.75) is 33.6 Å². The van der Waals surface area contributed by atoms with Gasteiger partial charge in [-0.1, -0.05) is 26.8 Å². The Hall–Kier alpha value is -0.740. The highest BCUT2D eigenvalue weighted by Gasteiger charge is 2.13. The van der Waals surface area contributed by atoms with Crippen LogP contribution in [0.2, 0.25) is 0 Å². The number of ether oxygens (including phenoxy) is 1. The largest absolute Gasteiger partial charge is 0.493 e. The van der Waals surface area contributed by atoms with Gasteiger partial charge in [0.2, 0.25) is 9.05 Å². The first-order valence-electron chi connectivity index (χ1n) is 6.34. The van der Waals surface area contributed by atoms with Crippen LogP contribution in [0, 0.1) is 12.8 Å². The van der Waals surface area contributed by atoms with E-state index in [9.17, 15) is 8.42 Å². The Kier molecular flexibility index (Phi) is 5.68. The molecule has 3 nitrogen and oxygen atoms in total. The van der Waals surface area contributed by atoms with E-state index in [1.54, 1.807) is 6.92 Å². The van der Waals surface area contributed by atoms with Gasteiger partial charge in [-0.15, -0.1) is 0 Å². The summed E-state index contributed by atoms with van der Waals surface area (Å²) in [5.41, 5.74) is 2.48. The molecule has 0 spiro atoms. The molecule has 0 radical (unpaired) electrons. The van der Waals surface area contributed by atoms with Crippen LogP contribution < -0.4 is 4.74 Å². The van der Waals surface area contributed by atoms with E-state index in [0.717, 1.165) is 5.75 Å². The van der Waals surface area contributed by atoms with E-state index in [4.69, 9.17) is 15.4 Å². The summed E-state index contributed by atoms with van der Waals surface area (Å²) in [6.07, 6.45) is 0. The van der Waals surface area contributed by atoms with Gasteiger partial charge in [0, 0.05) is 16.6 Å². The third kappa shape index (κ3) is 5.83. The Bertz CT molecular complexity index is 523. The van der Waals surface area contributed by atoms with Crippen LogP contribution in [0.5, 0.6) is 5.75 Å². The molecular formula is C14H21ClO3S. The fraction of sp³-hybridized carbons (Fsp3) is 0.571. The topological polar surface area (TPSA) is 43.4 Å². The molecule has 1 unspecified atom stereocenters. The highest BCUT2D eigenvalue weighted by Crippen LogP contribution is 2.23. The van der Waals surface area contributed by atoms with Crippen molar-refractivity contribution in [3.05, 3.63) is 29.3 Å². The van der Waals surface area contributed by atoms with Gasteiger partial charge in [0.15, 0.2) is 0 Å². The van der Waals surface area contributed by atoms with Crippen molar-refractivity contribution in [1.29, 1.82) is 0 Å². The van der Waals surface area contributed by atoms with E-state index in [1.807, 2.05) is 12.1 Å². The lowest BCUT2D eigenvalue weighted by molar-refractivity contribution is 0.272. The summed E-state index contributed by atoms with van der Waals surface area (Å²) in [6, 6.07) is 5.96. The third-order valence-electron chi connectivity index (χ3n) is 2.88. The second-order valence-electron chi connectivity index (χ2n) is 5.29. The van der Waals surface area contributed by atoms with Crippen LogP contribution in [0.15, 0.2) is 18.2 Å². The summed E-state index contributed by atoms with van der Waals surface area (Å²) >= 11 is 0. The Morgan fingerprint density at radius 2 is 1.89 bits per heavy atom. The number of hydrogen-bond acceptors (Lipinski definition) is 3. The first-order valence-corrected chi connectivity index (χ1v) is 8.82. The van der Waals surface area contributed by atoms with Gasteiger partial charge < -0.3 is 4.74 Å². The van der Waals surface area contributed by atoms with Crippen LogP contribution in [0.3, 0.4) is 0 Å². The second-order valence-corrected chi connectivity index (χ2v) is 8.12. The first kappa shape index (κ1) is 16.3. The average Bonchev–Trinajstić information content (AvgIpc) is 2.23. The van der Waals surface area contributed by atoms with Crippen molar-refractivity contribution in [2.75, 3.05) is 12.4 Å². The van der Waals surface area contributed by atoms with Crippen LogP contribution in [0.25, 0.3) is 0 Å². The van der Waals surface area contributed by atoms with Gasteiger partial charge in [-0.2, -0.15) is 0 Å². The van der Waals surface area contributed by atoms with E-state index in [2.05, 4.69) is 26.8 Å². The van der Waals surface area contributed by atoms with E-state index in [-0.39, 0.29) is 11.7 Å². The third-order valence-corrected chi connectivity index (χ3v) is 4.23. The minimum atomic E-state index is -3.46. The van der Waals surface area contributed by atoms with Crippen molar-refractivity contribution >= 4 is 19.7 Å². The molecule has 5 heteroatoms. The molecule has 1 rings (SSSR count). The van der Waals surface area contributed by atoms with Gasteiger partial charge in [-0.3, -0.25) is 0 Å². The molecule has 19 heavy (non-hydrogen) atoms. The molecule has 0 amide bonds. The molecular weight excluding hydrogens is 284 g/mol. The fourth-order valence-electron chi connectivity index (χ4n) is 2.01. The molecule has 108 valence electrons. The van der Waals surface area contributed by atoms with Gasteiger partial charge in [0.1, 0.15) is 5.75 Å². The number of aryl methyl sites for hydroxylation is 1. The summed E-state index contributed by atoms with van der Waals surface area (Å²) in [6.45, 7) is 8.49. The summed E-state index contributed by atoms with van der Waals surface area (Å²) in [5.74, 6) is 1.04. The molecule has 0 saturated heterocycles. The quantitative estimate of drug-likeness (QED) is 0.753. The molecule has 0 aromatic heterocycles. The summed E-state index contributed by atoms with van der Waals surface area (Å²) in [5, 5.41) is 0. The minimum absolute atomic E-state index is 0.0718. The lowest BCUT2D eigenvalue weighted by atomic mass is 9.98. The smallest absolute Gasteiger partial charge is 0.232 e. The Morgan fingerprint density at radius 1 is 1.26 bits per heavy atom. The standard InChI is InChI=1S/C14H21ClO3S/c1-10(2)14-6-5-13(7-12(14)4)18-8-11(3)9-19(15,16)17/h5-7,10-11H,8-9H2,1-4H3. The van der Waals surface area contributed by atoms with Crippen molar-refractivity contribution in [2.24, 2.45) is 5.92 Å². The molecule has 0 aliphatic heterocycles. The Morgan fingerprint density at radius 3 is 2.37 bits per heavy atom. The molecule has 0 heterocycles. The van der Waals surface area contributed by atoms with E-state index >= 15 is 0 Å². The van der Waals surface area contributed by atoms with Crippen LogP contribution >= 0.6 is 10.7 Å². The molecule has 0 aliphatic carbocycles. The number of hydrogen-bond donors (Lipinski definition) is 0. The molecule has 0 bridgehead atoms. The Balaban J connectivity index is 2.62. The predicted octanol–water partition coefficient (Wildman–Crippen LogP) is 3.70. The number of rotatable bonds is 6. The van der Waals surface area contributed by atoms with E-state index < -0.39 is 9.05 Å². The monoisotopic (exact) mass is 304 g/mol. The lowest BCUT2D eigenvalue weighted by Crippen LogP contribution is -2.16. The molecule has 0 saturated carbocycles. The van der Waals surface area contributed by atoms with Crippen LogP contribution in [0.4, 0.5) is 0 Å². The first-order chi connectivity index (χ1) is 8.69. The maximum Gasteiger partial charge on any atom is 0.232 e. The van der Waals surface area contributed by atoms with Gasteiger partial charge in [0.25, 0.3) is 0 Å². The zero-order valence-electron chi connectivity index (χ0n) is 11.8. The minimum Gasteiger partial charge on any atom is -0.493 e. The summed E-state index contributed by atoms with van der Waals surface area (Å²) in [4.78, 5) is 0. The Labute approximate surface area is 120 Å².